The molecule has 0 saturated carbocycles. The molecule has 0 aromatic carbocycles. The molecule has 2 rings (SSSR count). The van der Waals surface area contributed by atoms with Gasteiger partial charge in [0.25, 0.3) is 0 Å². The van der Waals surface area contributed by atoms with E-state index in [1.165, 1.54) is 16.9 Å². The molecule has 5 nitrogen and oxygen atoms in total. The summed E-state index contributed by atoms with van der Waals surface area (Å²) in [5.41, 5.74) is 1.12. The zero-order valence-corrected chi connectivity index (χ0v) is 9.56. The molecule has 84 valence electrons. The Morgan fingerprint density at radius 3 is 2.75 bits per heavy atom. The van der Waals surface area contributed by atoms with Crippen molar-refractivity contribution < 1.29 is 9.90 Å². The summed E-state index contributed by atoms with van der Waals surface area (Å²) in [6.45, 7) is 3.81. The maximum Gasteiger partial charge on any atom is 0.354 e. The highest BCUT2D eigenvalue weighted by atomic mass is 35.5. The number of carbonyl (C=O) groups is 1. The first-order valence-corrected chi connectivity index (χ1v) is 5.15. The van der Waals surface area contributed by atoms with E-state index in [0.29, 0.717) is 16.2 Å². The predicted octanol–water partition coefficient (Wildman–Crippen LogP) is 2.20. The summed E-state index contributed by atoms with van der Waals surface area (Å²) < 4.78 is 1.26. The molecule has 0 saturated heterocycles. The van der Waals surface area contributed by atoms with Gasteiger partial charge in [0.2, 0.25) is 0 Å². The topological polar surface area (TPSA) is 67.5 Å². The summed E-state index contributed by atoms with van der Waals surface area (Å²) in [6, 6.07) is 0. The average molecular weight is 240 g/mol. The van der Waals surface area contributed by atoms with Crippen molar-refractivity contribution in [2.45, 2.75) is 19.8 Å². The SMILES string of the molecule is CC(C)c1cnc2c(Cl)cnn2c1C(=O)O. The zero-order chi connectivity index (χ0) is 11.9. The van der Waals surface area contributed by atoms with E-state index in [9.17, 15) is 9.90 Å². The molecule has 2 heterocycles. The molecule has 6 heteroatoms. The Morgan fingerprint density at radius 2 is 2.19 bits per heavy atom. The fourth-order valence-corrected chi connectivity index (χ4v) is 1.73. The Labute approximate surface area is 96.7 Å². The molecule has 0 aliphatic rings. The number of carboxylic acid groups (broad SMARTS) is 1. The van der Waals surface area contributed by atoms with Crippen LogP contribution in [0.15, 0.2) is 12.4 Å². The second-order valence-electron chi connectivity index (χ2n) is 3.75. The van der Waals surface area contributed by atoms with Gasteiger partial charge < -0.3 is 5.11 Å². The van der Waals surface area contributed by atoms with Gasteiger partial charge in [0.15, 0.2) is 11.3 Å². The van der Waals surface area contributed by atoms with E-state index in [4.69, 9.17) is 11.6 Å². The van der Waals surface area contributed by atoms with Crippen LogP contribution in [0.4, 0.5) is 0 Å². The lowest BCUT2D eigenvalue weighted by molar-refractivity contribution is 0.0685. The lowest BCUT2D eigenvalue weighted by Crippen LogP contribution is -2.12. The minimum atomic E-state index is -1.03. The highest BCUT2D eigenvalue weighted by Gasteiger charge is 2.19. The normalized spacial score (nSPS) is 11.2. The first-order valence-electron chi connectivity index (χ1n) is 4.77. The van der Waals surface area contributed by atoms with E-state index in [2.05, 4.69) is 10.1 Å². The van der Waals surface area contributed by atoms with E-state index in [0.717, 1.165) is 0 Å². The van der Waals surface area contributed by atoms with Gasteiger partial charge in [0, 0.05) is 11.8 Å². The number of rotatable bonds is 2. The summed E-state index contributed by atoms with van der Waals surface area (Å²) in [5.74, 6) is -0.971. The van der Waals surface area contributed by atoms with E-state index in [1.807, 2.05) is 13.8 Å². The third-order valence-corrected chi connectivity index (χ3v) is 2.60. The molecule has 0 fully saturated rings. The Bertz CT molecular complexity index is 562. The molecular weight excluding hydrogens is 230 g/mol. The number of hydrogen-bond acceptors (Lipinski definition) is 3. The molecule has 0 radical (unpaired) electrons. The van der Waals surface area contributed by atoms with Gasteiger partial charge in [-0.05, 0) is 5.92 Å². The maximum atomic E-state index is 11.2. The summed E-state index contributed by atoms with van der Waals surface area (Å²) in [4.78, 5) is 15.3. The maximum absolute atomic E-state index is 11.2. The van der Waals surface area contributed by atoms with Crippen LogP contribution in [0.1, 0.15) is 35.8 Å². The van der Waals surface area contributed by atoms with Crippen LogP contribution in [0.25, 0.3) is 5.65 Å². The second kappa shape index (κ2) is 3.75. The van der Waals surface area contributed by atoms with Crippen LogP contribution in [0.3, 0.4) is 0 Å². The highest BCUT2D eigenvalue weighted by Crippen LogP contribution is 2.22. The van der Waals surface area contributed by atoms with Gasteiger partial charge in [-0.25, -0.2) is 14.3 Å². The van der Waals surface area contributed by atoms with Crippen LogP contribution in [-0.2, 0) is 0 Å². The van der Waals surface area contributed by atoms with Crippen molar-refractivity contribution in [3.8, 4) is 0 Å². The van der Waals surface area contributed by atoms with E-state index >= 15 is 0 Å². The summed E-state index contributed by atoms with van der Waals surface area (Å²) in [7, 11) is 0. The molecule has 1 N–H and O–H groups in total. The van der Waals surface area contributed by atoms with Crippen LogP contribution in [-0.4, -0.2) is 25.7 Å². The van der Waals surface area contributed by atoms with Crippen molar-refractivity contribution in [3.05, 3.63) is 28.7 Å². The molecule has 0 unspecified atom stereocenters. The Morgan fingerprint density at radius 1 is 1.50 bits per heavy atom. The second-order valence-corrected chi connectivity index (χ2v) is 4.16. The van der Waals surface area contributed by atoms with Crippen molar-refractivity contribution in [3.63, 3.8) is 0 Å². The standard InChI is InChI=1S/C10H10ClN3O2/c1-5(2)6-3-12-9-7(11)4-13-14(9)8(6)10(15)16/h3-5H,1-2H3,(H,15,16). The predicted molar refractivity (Wildman–Crippen MR) is 59.0 cm³/mol. The lowest BCUT2D eigenvalue weighted by atomic mass is 10.0. The molecule has 0 bridgehead atoms. The first kappa shape index (κ1) is 10.9. The van der Waals surface area contributed by atoms with Gasteiger partial charge in [0.05, 0.1) is 6.20 Å². The van der Waals surface area contributed by atoms with Gasteiger partial charge in [-0.15, -0.1) is 0 Å². The third kappa shape index (κ3) is 1.53. The van der Waals surface area contributed by atoms with Crippen LogP contribution >= 0.6 is 11.6 Å². The monoisotopic (exact) mass is 239 g/mol. The first-order chi connectivity index (χ1) is 7.52. The molecule has 0 aliphatic carbocycles. The lowest BCUT2D eigenvalue weighted by Gasteiger charge is -2.10. The smallest absolute Gasteiger partial charge is 0.354 e. The summed E-state index contributed by atoms with van der Waals surface area (Å²) in [6.07, 6.45) is 2.93. The Balaban J connectivity index is 2.85. The molecule has 0 atom stereocenters. The van der Waals surface area contributed by atoms with Crippen LogP contribution in [0, 0.1) is 0 Å². The van der Waals surface area contributed by atoms with E-state index in [-0.39, 0.29) is 11.6 Å². The van der Waals surface area contributed by atoms with Crippen molar-refractivity contribution in [1.82, 2.24) is 14.6 Å². The van der Waals surface area contributed by atoms with E-state index in [1.54, 1.807) is 0 Å². The molecule has 0 amide bonds. The van der Waals surface area contributed by atoms with Crippen LogP contribution < -0.4 is 0 Å². The number of aromatic nitrogens is 3. The van der Waals surface area contributed by atoms with Gasteiger partial charge in [-0.1, -0.05) is 25.4 Å². The third-order valence-electron chi connectivity index (χ3n) is 2.34. The van der Waals surface area contributed by atoms with Crippen LogP contribution in [0.2, 0.25) is 5.02 Å². The molecule has 0 aliphatic heterocycles. The quantitative estimate of drug-likeness (QED) is 0.873. The number of carboxylic acids is 1. The van der Waals surface area contributed by atoms with Gasteiger partial charge in [0.1, 0.15) is 5.02 Å². The molecule has 16 heavy (non-hydrogen) atoms. The van der Waals surface area contributed by atoms with Gasteiger partial charge in [-0.2, -0.15) is 5.10 Å². The van der Waals surface area contributed by atoms with Gasteiger partial charge in [-0.3, -0.25) is 0 Å². The molecular formula is C10H10ClN3O2. The Hall–Kier alpha value is -1.62. The van der Waals surface area contributed by atoms with Crippen LogP contribution in [0.5, 0.6) is 0 Å². The number of halogens is 1. The minimum absolute atomic E-state index is 0.0611. The van der Waals surface area contributed by atoms with Crippen molar-refractivity contribution in [2.24, 2.45) is 0 Å². The van der Waals surface area contributed by atoms with Crippen molar-refractivity contribution in [1.29, 1.82) is 0 Å². The van der Waals surface area contributed by atoms with E-state index < -0.39 is 5.97 Å². The molecule has 0 spiro atoms. The largest absolute Gasteiger partial charge is 0.476 e. The fraction of sp³-hybridized carbons (Fsp3) is 0.300. The number of aromatic carboxylic acids is 1. The highest BCUT2D eigenvalue weighted by molar-refractivity contribution is 6.33. The zero-order valence-electron chi connectivity index (χ0n) is 8.81. The summed E-state index contributed by atoms with van der Waals surface area (Å²) >= 11 is 5.84. The Kier molecular flexibility index (Phi) is 2.55. The van der Waals surface area contributed by atoms with Crippen molar-refractivity contribution >= 4 is 23.2 Å². The number of nitrogens with zero attached hydrogens (tertiary/aromatic N) is 3. The minimum Gasteiger partial charge on any atom is -0.476 e. The number of fused-ring (bicyclic) bond motifs is 1. The number of hydrogen-bond donors (Lipinski definition) is 1. The average Bonchev–Trinajstić information content (AvgIpc) is 2.58. The summed E-state index contributed by atoms with van der Waals surface area (Å²) in [5, 5.41) is 13.5. The van der Waals surface area contributed by atoms with Gasteiger partial charge >= 0.3 is 5.97 Å². The molecule has 2 aromatic heterocycles. The van der Waals surface area contributed by atoms with Crippen molar-refractivity contribution in [2.75, 3.05) is 0 Å². The molecule has 2 aromatic rings. The fourth-order valence-electron chi connectivity index (χ4n) is 1.55.